The van der Waals surface area contributed by atoms with Crippen LogP contribution in [-0.4, -0.2) is 24.9 Å². The second-order valence-corrected chi connectivity index (χ2v) is 14.2. The summed E-state index contributed by atoms with van der Waals surface area (Å²) in [6, 6.07) is 57.6. The SMILES string of the molecule is CC(C(=O)NCCC1c2ccccc2C(CCNC(=O)C(C)(c2ccccc2)c2ccccc2)c2ccccc21)(c1ccccc1)c1ccccc1. The molecule has 0 aliphatic heterocycles. The lowest BCUT2D eigenvalue weighted by Gasteiger charge is -2.35. The number of carbonyl (C=O) groups excluding carboxylic acids is 2. The van der Waals surface area contributed by atoms with Crippen LogP contribution in [0.15, 0.2) is 170 Å². The molecular weight excluding hydrogens is 637 g/mol. The zero-order chi connectivity index (χ0) is 36.0. The van der Waals surface area contributed by atoms with E-state index in [1.807, 2.05) is 135 Å². The van der Waals surface area contributed by atoms with Gasteiger partial charge in [-0.25, -0.2) is 0 Å². The smallest absolute Gasteiger partial charge is 0.234 e. The zero-order valence-electron chi connectivity index (χ0n) is 30.0. The van der Waals surface area contributed by atoms with E-state index >= 15 is 0 Å². The van der Waals surface area contributed by atoms with Gasteiger partial charge >= 0.3 is 0 Å². The van der Waals surface area contributed by atoms with Crippen molar-refractivity contribution < 1.29 is 9.59 Å². The first kappa shape index (κ1) is 34.7. The van der Waals surface area contributed by atoms with Crippen LogP contribution in [0.1, 0.15) is 83.0 Å². The molecular formula is C48H46N2O2. The number of carbonyl (C=O) groups is 2. The molecule has 1 aliphatic carbocycles. The predicted molar refractivity (Wildman–Crippen MR) is 210 cm³/mol. The van der Waals surface area contributed by atoms with Gasteiger partial charge in [-0.3, -0.25) is 9.59 Å². The Morgan fingerprint density at radius 3 is 0.885 bits per heavy atom. The van der Waals surface area contributed by atoms with Gasteiger partial charge in [-0.15, -0.1) is 0 Å². The van der Waals surface area contributed by atoms with Crippen LogP contribution in [0.2, 0.25) is 0 Å². The Hall–Kier alpha value is -5.74. The topological polar surface area (TPSA) is 58.2 Å². The molecule has 2 amide bonds. The largest absolute Gasteiger partial charge is 0.355 e. The maximum atomic E-state index is 14.1. The molecule has 0 heterocycles. The summed E-state index contributed by atoms with van der Waals surface area (Å²) >= 11 is 0. The number of hydrogen-bond donors (Lipinski definition) is 2. The molecule has 4 heteroatoms. The molecule has 0 atom stereocenters. The van der Waals surface area contributed by atoms with Crippen LogP contribution in [0, 0.1) is 0 Å². The molecule has 0 radical (unpaired) electrons. The van der Waals surface area contributed by atoms with Gasteiger partial charge in [-0.1, -0.05) is 170 Å². The molecule has 0 saturated carbocycles. The summed E-state index contributed by atoms with van der Waals surface area (Å²) in [7, 11) is 0. The first-order valence-corrected chi connectivity index (χ1v) is 18.4. The Labute approximate surface area is 308 Å². The molecule has 0 fully saturated rings. The Morgan fingerprint density at radius 1 is 0.404 bits per heavy atom. The van der Waals surface area contributed by atoms with Crippen LogP contribution in [-0.2, 0) is 20.4 Å². The second kappa shape index (κ2) is 15.2. The second-order valence-electron chi connectivity index (χ2n) is 14.2. The van der Waals surface area contributed by atoms with E-state index < -0.39 is 10.8 Å². The van der Waals surface area contributed by atoms with E-state index in [4.69, 9.17) is 0 Å². The van der Waals surface area contributed by atoms with Crippen molar-refractivity contribution in [2.24, 2.45) is 0 Å². The van der Waals surface area contributed by atoms with E-state index in [1.54, 1.807) is 0 Å². The molecule has 0 bridgehead atoms. The Morgan fingerprint density at radius 2 is 0.635 bits per heavy atom. The zero-order valence-corrected chi connectivity index (χ0v) is 30.0. The molecule has 52 heavy (non-hydrogen) atoms. The van der Waals surface area contributed by atoms with Crippen molar-refractivity contribution in [1.29, 1.82) is 0 Å². The number of nitrogens with one attached hydrogen (secondary N) is 2. The summed E-state index contributed by atoms with van der Waals surface area (Å²) in [5.41, 5.74) is 7.39. The maximum Gasteiger partial charge on any atom is 0.234 e. The molecule has 4 nitrogen and oxygen atoms in total. The van der Waals surface area contributed by atoms with E-state index in [1.165, 1.54) is 22.3 Å². The highest BCUT2D eigenvalue weighted by Crippen LogP contribution is 2.46. The average Bonchev–Trinajstić information content (AvgIpc) is 3.22. The lowest BCUT2D eigenvalue weighted by atomic mass is 9.70. The minimum atomic E-state index is -0.822. The lowest BCUT2D eigenvalue weighted by Crippen LogP contribution is -2.44. The number of benzene rings is 6. The molecule has 260 valence electrons. The third-order valence-corrected chi connectivity index (χ3v) is 11.2. The van der Waals surface area contributed by atoms with Gasteiger partial charge in [0.15, 0.2) is 0 Å². The minimum Gasteiger partial charge on any atom is -0.355 e. The van der Waals surface area contributed by atoms with Crippen molar-refractivity contribution in [3.63, 3.8) is 0 Å². The fraction of sp³-hybridized carbons (Fsp3) is 0.208. The average molecular weight is 683 g/mol. The van der Waals surface area contributed by atoms with E-state index in [2.05, 4.69) is 59.2 Å². The fourth-order valence-electron chi connectivity index (χ4n) is 8.21. The number of rotatable bonds is 12. The molecule has 0 saturated heterocycles. The lowest BCUT2D eigenvalue weighted by molar-refractivity contribution is -0.125. The summed E-state index contributed by atoms with van der Waals surface area (Å²) < 4.78 is 0. The van der Waals surface area contributed by atoms with E-state index in [0.29, 0.717) is 13.1 Å². The van der Waals surface area contributed by atoms with Crippen LogP contribution in [0.25, 0.3) is 0 Å². The third kappa shape index (κ3) is 6.57. The highest BCUT2D eigenvalue weighted by Gasteiger charge is 2.39. The summed E-state index contributed by atoms with van der Waals surface area (Å²) in [4.78, 5) is 28.3. The van der Waals surface area contributed by atoms with Crippen molar-refractivity contribution >= 4 is 11.8 Å². The molecule has 6 aromatic rings. The normalized spacial score (nSPS) is 15.2. The highest BCUT2D eigenvalue weighted by atomic mass is 16.2. The van der Waals surface area contributed by atoms with E-state index in [-0.39, 0.29) is 23.7 Å². The van der Waals surface area contributed by atoms with Gasteiger partial charge in [0.2, 0.25) is 11.8 Å². The standard InChI is InChI=1S/C48H46N2O2/c1-47(35-19-7-3-8-20-35,36-21-9-4-10-22-36)45(51)49-33-31-43-39-27-15-17-29-41(39)44(42-30-18-16-28-40(42)43)32-34-50-46(52)48(2,37-23-11-5-12-24-37)38-25-13-6-14-26-38/h3-30,43-44H,31-34H2,1-2H3,(H,49,51)(H,50,52). The molecule has 2 N–H and O–H groups in total. The van der Waals surface area contributed by atoms with E-state index in [0.717, 1.165) is 35.1 Å². The van der Waals surface area contributed by atoms with Gasteiger partial charge in [-0.05, 0) is 71.2 Å². The fourth-order valence-corrected chi connectivity index (χ4v) is 8.21. The maximum absolute atomic E-state index is 14.1. The van der Waals surface area contributed by atoms with Crippen LogP contribution >= 0.6 is 0 Å². The number of fused-ring (bicyclic) bond motifs is 2. The Bertz CT molecular complexity index is 1830. The van der Waals surface area contributed by atoms with Gasteiger partial charge in [0.25, 0.3) is 0 Å². The van der Waals surface area contributed by atoms with Crippen molar-refractivity contribution in [3.05, 3.63) is 214 Å². The van der Waals surface area contributed by atoms with Crippen molar-refractivity contribution in [2.75, 3.05) is 13.1 Å². The quantitative estimate of drug-likeness (QED) is 0.135. The molecule has 1 aliphatic rings. The number of amides is 2. The summed E-state index contributed by atoms with van der Waals surface area (Å²) in [5, 5.41) is 6.68. The summed E-state index contributed by atoms with van der Waals surface area (Å²) in [6.07, 6.45) is 1.55. The molecule has 0 aromatic heterocycles. The molecule has 0 spiro atoms. The van der Waals surface area contributed by atoms with Crippen LogP contribution < -0.4 is 10.6 Å². The van der Waals surface area contributed by atoms with Gasteiger partial charge in [0.1, 0.15) is 0 Å². The summed E-state index contributed by atoms with van der Waals surface area (Å²) in [5.74, 6) is 0.262. The van der Waals surface area contributed by atoms with Crippen LogP contribution in [0.5, 0.6) is 0 Å². The number of hydrogen-bond acceptors (Lipinski definition) is 2. The van der Waals surface area contributed by atoms with Crippen molar-refractivity contribution in [3.8, 4) is 0 Å². The van der Waals surface area contributed by atoms with Gasteiger partial charge in [0, 0.05) is 24.9 Å². The Balaban J connectivity index is 1.09. The van der Waals surface area contributed by atoms with Crippen LogP contribution in [0.3, 0.4) is 0 Å². The van der Waals surface area contributed by atoms with Crippen LogP contribution in [0.4, 0.5) is 0 Å². The highest BCUT2D eigenvalue weighted by molar-refractivity contribution is 5.92. The van der Waals surface area contributed by atoms with Gasteiger partial charge in [0.05, 0.1) is 10.8 Å². The molecule has 7 rings (SSSR count). The first-order valence-electron chi connectivity index (χ1n) is 18.4. The van der Waals surface area contributed by atoms with E-state index in [9.17, 15) is 9.59 Å². The monoisotopic (exact) mass is 682 g/mol. The van der Waals surface area contributed by atoms with Gasteiger partial charge < -0.3 is 10.6 Å². The third-order valence-electron chi connectivity index (χ3n) is 11.2. The summed E-state index contributed by atoms with van der Waals surface area (Å²) in [6.45, 7) is 5.12. The predicted octanol–water partition coefficient (Wildman–Crippen LogP) is 9.29. The minimum absolute atomic E-state index is 0.00565. The molecule has 0 unspecified atom stereocenters. The first-order chi connectivity index (χ1) is 25.4. The van der Waals surface area contributed by atoms with Gasteiger partial charge in [-0.2, -0.15) is 0 Å². The Kier molecular flexibility index (Phi) is 10.2. The van der Waals surface area contributed by atoms with Crippen molar-refractivity contribution in [1.82, 2.24) is 10.6 Å². The molecule has 6 aromatic carbocycles. The van der Waals surface area contributed by atoms with Crippen molar-refractivity contribution in [2.45, 2.75) is 49.4 Å².